The van der Waals surface area contributed by atoms with E-state index in [0.717, 1.165) is 13.0 Å². The summed E-state index contributed by atoms with van der Waals surface area (Å²) in [5.41, 5.74) is 0. The molecule has 12 heavy (non-hydrogen) atoms. The first-order valence-electron chi connectivity index (χ1n) is 3.73. The Morgan fingerprint density at radius 3 is 2.75 bits per heavy atom. The number of ether oxygens (including phenoxy) is 1. The molecule has 0 unspecified atom stereocenters. The molecule has 2 rings (SSSR count). The molecule has 1 aromatic heterocycles. The number of pyridine rings is 1. The molecule has 0 spiro atoms. The van der Waals surface area contributed by atoms with Crippen molar-refractivity contribution in [1.29, 1.82) is 0 Å². The van der Waals surface area contributed by atoms with Crippen molar-refractivity contribution in [3.63, 3.8) is 0 Å². The molecule has 1 aliphatic rings. The maximum absolute atomic E-state index is 5.59. The van der Waals surface area contributed by atoms with E-state index in [1.165, 1.54) is 12.8 Å². The molecule has 0 aromatic carbocycles. The molecule has 0 saturated heterocycles. The highest BCUT2D eigenvalue weighted by atomic mass is 127. The second-order valence-electron chi connectivity index (χ2n) is 2.76. The number of nitrogens with zero attached hydrogens (tertiary/aromatic N) is 1. The fraction of sp³-hybridized carbons (Fsp3) is 0.375. The highest BCUT2D eigenvalue weighted by molar-refractivity contribution is 14.1. The lowest BCUT2D eigenvalue weighted by Crippen LogP contribution is -1.97. The molecule has 1 aromatic rings. The van der Waals surface area contributed by atoms with E-state index in [4.69, 9.17) is 4.74 Å². The molecule has 1 fully saturated rings. The Balaban J connectivity index is 2.15. The molecule has 64 valence electrons. The summed E-state index contributed by atoms with van der Waals surface area (Å²) in [4.78, 5) is 4.21. The van der Waals surface area contributed by atoms with Crippen LogP contribution in [0.25, 0.3) is 0 Å². The lowest BCUT2D eigenvalue weighted by atomic mass is 10.5. The first-order valence-corrected chi connectivity index (χ1v) is 5.89. The van der Waals surface area contributed by atoms with Crippen LogP contribution in [0.15, 0.2) is 12.3 Å². The summed E-state index contributed by atoms with van der Waals surface area (Å²) in [6.07, 6.45) is 4.65. The van der Waals surface area contributed by atoms with Gasteiger partial charge >= 0.3 is 0 Å². The number of hydrogen-bond acceptors (Lipinski definition) is 2. The third-order valence-electron chi connectivity index (χ3n) is 1.60. The van der Waals surface area contributed by atoms with Gasteiger partial charge in [0, 0.05) is 3.57 Å². The lowest BCUT2D eigenvalue weighted by molar-refractivity contribution is 0.301. The van der Waals surface area contributed by atoms with Gasteiger partial charge in [0.25, 0.3) is 0 Å². The Morgan fingerprint density at radius 1 is 1.42 bits per heavy atom. The third kappa shape index (κ3) is 2.21. The quantitative estimate of drug-likeness (QED) is 0.576. The molecule has 1 saturated carbocycles. The van der Waals surface area contributed by atoms with Gasteiger partial charge in [-0.05, 0) is 64.1 Å². The molecular weight excluding hydrogens is 380 g/mol. The standard InChI is InChI=1S/C8H7I2NO/c9-7-3-6(4-11-8(7)10)12-5-1-2-5/h3-5H,1-2H2. The Kier molecular flexibility index (Phi) is 2.73. The monoisotopic (exact) mass is 387 g/mol. The van der Waals surface area contributed by atoms with E-state index in [1.54, 1.807) is 6.20 Å². The average molecular weight is 387 g/mol. The van der Waals surface area contributed by atoms with Crippen LogP contribution in [-0.2, 0) is 0 Å². The summed E-state index contributed by atoms with van der Waals surface area (Å²) in [7, 11) is 0. The van der Waals surface area contributed by atoms with E-state index < -0.39 is 0 Å². The fourth-order valence-corrected chi connectivity index (χ4v) is 1.59. The number of rotatable bonds is 2. The molecule has 1 heterocycles. The maximum Gasteiger partial charge on any atom is 0.139 e. The summed E-state index contributed by atoms with van der Waals surface area (Å²) < 4.78 is 7.79. The molecule has 0 radical (unpaired) electrons. The van der Waals surface area contributed by atoms with E-state index >= 15 is 0 Å². The molecule has 0 atom stereocenters. The van der Waals surface area contributed by atoms with Gasteiger partial charge in [-0.1, -0.05) is 0 Å². The first-order chi connectivity index (χ1) is 5.75. The number of halogens is 2. The van der Waals surface area contributed by atoms with Gasteiger partial charge in [-0.2, -0.15) is 0 Å². The molecule has 0 amide bonds. The zero-order valence-electron chi connectivity index (χ0n) is 6.26. The Bertz CT molecular complexity index is 299. The van der Waals surface area contributed by atoms with Gasteiger partial charge in [0.15, 0.2) is 0 Å². The van der Waals surface area contributed by atoms with Crippen LogP contribution in [0.3, 0.4) is 0 Å². The lowest BCUT2D eigenvalue weighted by Gasteiger charge is -2.03. The van der Waals surface area contributed by atoms with Crippen molar-refractivity contribution >= 4 is 45.2 Å². The minimum absolute atomic E-state index is 0.461. The zero-order chi connectivity index (χ0) is 8.55. The fourth-order valence-electron chi connectivity index (χ4n) is 0.846. The van der Waals surface area contributed by atoms with Gasteiger partial charge < -0.3 is 4.74 Å². The van der Waals surface area contributed by atoms with Gasteiger partial charge in [-0.3, -0.25) is 0 Å². The SMILES string of the molecule is Ic1cc(OC2CC2)cnc1I. The van der Waals surface area contributed by atoms with E-state index in [0.29, 0.717) is 6.10 Å². The largest absolute Gasteiger partial charge is 0.489 e. The predicted molar refractivity (Wildman–Crippen MR) is 63.3 cm³/mol. The minimum Gasteiger partial charge on any atom is -0.489 e. The third-order valence-corrected chi connectivity index (χ3v) is 4.31. The van der Waals surface area contributed by atoms with Crippen molar-refractivity contribution in [2.75, 3.05) is 0 Å². The van der Waals surface area contributed by atoms with Crippen LogP contribution in [0.4, 0.5) is 0 Å². The second kappa shape index (κ2) is 3.65. The van der Waals surface area contributed by atoms with Crippen molar-refractivity contribution in [3.8, 4) is 5.75 Å². The smallest absolute Gasteiger partial charge is 0.139 e. The van der Waals surface area contributed by atoms with E-state index in [2.05, 4.69) is 50.2 Å². The summed E-state index contributed by atoms with van der Waals surface area (Å²) >= 11 is 4.48. The Morgan fingerprint density at radius 2 is 2.17 bits per heavy atom. The zero-order valence-corrected chi connectivity index (χ0v) is 10.6. The van der Waals surface area contributed by atoms with Crippen molar-refractivity contribution in [2.45, 2.75) is 18.9 Å². The predicted octanol–water partition coefficient (Wildman–Crippen LogP) is 2.83. The molecule has 1 aliphatic carbocycles. The highest BCUT2D eigenvalue weighted by Crippen LogP contribution is 2.27. The van der Waals surface area contributed by atoms with Gasteiger partial charge in [-0.15, -0.1) is 0 Å². The molecule has 0 N–H and O–H groups in total. The molecule has 4 heteroatoms. The topological polar surface area (TPSA) is 22.1 Å². The van der Waals surface area contributed by atoms with E-state index in [1.807, 2.05) is 6.07 Å². The normalized spacial score (nSPS) is 16.2. The van der Waals surface area contributed by atoms with Gasteiger partial charge in [0.05, 0.1) is 12.3 Å². The second-order valence-corrected chi connectivity index (χ2v) is 4.94. The minimum atomic E-state index is 0.461. The van der Waals surface area contributed by atoms with Crippen LogP contribution in [0, 0.1) is 7.27 Å². The highest BCUT2D eigenvalue weighted by Gasteiger charge is 2.23. The maximum atomic E-state index is 5.59. The summed E-state index contributed by atoms with van der Waals surface area (Å²) in [5.74, 6) is 0.905. The van der Waals surface area contributed by atoms with Gasteiger partial charge in [0.1, 0.15) is 9.45 Å². The van der Waals surface area contributed by atoms with Crippen molar-refractivity contribution in [2.24, 2.45) is 0 Å². The van der Waals surface area contributed by atoms with Crippen LogP contribution in [0.5, 0.6) is 5.75 Å². The number of aromatic nitrogens is 1. The summed E-state index contributed by atoms with van der Waals surface area (Å²) in [6, 6.07) is 2.04. The molecule has 2 nitrogen and oxygen atoms in total. The number of hydrogen-bond donors (Lipinski definition) is 0. The van der Waals surface area contributed by atoms with Crippen LogP contribution in [0.1, 0.15) is 12.8 Å². The Hall–Kier alpha value is 0.410. The molecular formula is C8H7I2NO. The molecule has 0 bridgehead atoms. The van der Waals surface area contributed by atoms with Crippen LogP contribution in [0.2, 0.25) is 0 Å². The average Bonchev–Trinajstić information content (AvgIpc) is 2.81. The van der Waals surface area contributed by atoms with Crippen LogP contribution >= 0.6 is 45.2 Å². The van der Waals surface area contributed by atoms with Gasteiger partial charge in [-0.25, -0.2) is 4.98 Å². The van der Waals surface area contributed by atoms with E-state index in [9.17, 15) is 0 Å². The van der Waals surface area contributed by atoms with Crippen molar-refractivity contribution < 1.29 is 4.74 Å². The van der Waals surface area contributed by atoms with E-state index in [-0.39, 0.29) is 0 Å². The Labute approximate surface area is 98.4 Å². The van der Waals surface area contributed by atoms with Crippen LogP contribution < -0.4 is 4.74 Å². The van der Waals surface area contributed by atoms with Crippen molar-refractivity contribution in [3.05, 3.63) is 19.5 Å². The van der Waals surface area contributed by atoms with Gasteiger partial charge in [0.2, 0.25) is 0 Å². The van der Waals surface area contributed by atoms with Crippen molar-refractivity contribution in [1.82, 2.24) is 4.98 Å². The summed E-state index contributed by atoms with van der Waals surface area (Å²) in [5, 5.41) is 0. The summed E-state index contributed by atoms with van der Waals surface area (Å²) in [6.45, 7) is 0. The van der Waals surface area contributed by atoms with Crippen LogP contribution in [-0.4, -0.2) is 11.1 Å². The first kappa shape index (κ1) is 8.98. The molecule has 0 aliphatic heterocycles.